The third kappa shape index (κ3) is 2.97. The van der Waals surface area contributed by atoms with E-state index in [1.165, 1.54) is 12.1 Å². The van der Waals surface area contributed by atoms with Crippen molar-refractivity contribution in [1.82, 2.24) is 4.98 Å². The lowest BCUT2D eigenvalue weighted by atomic mass is 10.2. The molecule has 0 fully saturated rings. The molecule has 0 saturated carbocycles. The van der Waals surface area contributed by atoms with Gasteiger partial charge in [0, 0.05) is 5.02 Å². The van der Waals surface area contributed by atoms with Crippen LogP contribution in [0.2, 0.25) is 10.2 Å². The lowest BCUT2D eigenvalue weighted by Crippen LogP contribution is -2.14. The molecule has 2 aromatic rings. The summed E-state index contributed by atoms with van der Waals surface area (Å²) in [5, 5.41) is 2.95. The molecule has 0 spiro atoms. The van der Waals surface area contributed by atoms with Gasteiger partial charge in [-0.15, -0.1) is 0 Å². The Labute approximate surface area is 113 Å². The van der Waals surface area contributed by atoms with Crippen LogP contribution in [0.5, 0.6) is 0 Å². The van der Waals surface area contributed by atoms with Crippen LogP contribution >= 0.6 is 23.2 Å². The zero-order valence-corrected chi connectivity index (χ0v) is 10.5. The van der Waals surface area contributed by atoms with E-state index in [9.17, 15) is 9.18 Å². The molecule has 0 bridgehead atoms. The molecular formula is C12H7Cl2FN2O. The van der Waals surface area contributed by atoms with E-state index in [2.05, 4.69) is 10.3 Å². The van der Waals surface area contributed by atoms with Crippen molar-refractivity contribution in [3.63, 3.8) is 0 Å². The number of anilines is 1. The number of hydrogen-bond acceptors (Lipinski definition) is 2. The molecule has 2 rings (SSSR count). The molecule has 0 saturated heterocycles. The van der Waals surface area contributed by atoms with Gasteiger partial charge in [0.1, 0.15) is 16.8 Å². The van der Waals surface area contributed by atoms with Gasteiger partial charge in [-0.2, -0.15) is 0 Å². The number of pyridine rings is 1. The summed E-state index contributed by atoms with van der Waals surface area (Å²) in [6.45, 7) is 0. The Morgan fingerprint density at radius 1 is 1.22 bits per heavy atom. The predicted molar refractivity (Wildman–Crippen MR) is 68.6 cm³/mol. The van der Waals surface area contributed by atoms with Crippen LogP contribution < -0.4 is 5.32 Å². The number of hydrogen-bond donors (Lipinski definition) is 1. The van der Waals surface area contributed by atoms with E-state index in [-0.39, 0.29) is 21.6 Å². The minimum absolute atomic E-state index is 0.149. The first-order chi connectivity index (χ1) is 8.56. The Morgan fingerprint density at radius 2 is 2.00 bits per heavy atom. The van der Waals surface area contributed by atoms with Gasteiger partial charge >= 0.3 is 0 Å². The van der Waals surface area contributed by atoms with E-state index in [1.54, 1.807) is 18.2 Å². The van der Waals surface area contributed by atoms with Gasteiger partial charge in [-0.3, -0.25) is 4.79 Å². The largest absolute Gasteiger partial charge is 0.306 e. The molecule has 0 unspecified atom stereocenters. The quantitative estimate of drug-likeness (QED) is 0.853. The van der Waals surface area contributed by atoms with E-state index in [0.717, 1.165) is 6.07 Å². The molecule has 3 nitrogen and oxygen atoms in total. The molecule has 0 aliphatic rings. The second-order valence-electron chi connectivity index (χ2n) is 3.42. The summed E-state index contributed by atoms with van der Waals surface area (Å²) in [7, 11) is 0. The molecule has 1 aromatic carbocycles. The van der Waals surface area contributed by atoms with Crippen LogP contribution in [0.4, 0.5) is 10.2 Å². The smallest absolute Gasteiger partial charge is 0.259 e. The summed E-state index contributed by atoms with van der Waals surface area (Å²) in [6.07, 6.45) is 0. The number of nitrogens with one attached hydrogen (secondary N) is 1. The number of carbonyl (C=O) groups is 1. The average molecular weight is 285 g/mol. The summed E-state index contributed by atoms with van der Waals surface area (Å²) in [5.74, 6) is -1.05. The molecule has 18 heavy (non-hydrogen) atoms. The maximum absolute atomic E-state index is 13.4. The zero-order chi connectivity index (χ0) is 13.1. The summed E-state index contributed by atoms with van der Waals surface area (Å²) >= 11 is 11.4. The van der Waals surface area contributed by atoms with Crippen LogP contribution in [0.15, 0.2) is 36.4 Å². The molecule has 6 heteroatoms. The first-order valence-electron chi connectivity index (χ1n) is 4.95. The fraction of sp³-hybridized carbons (Fsp3) is 0. The van der Waals surface area contributed by atoms with Gasteiger partial charge in [-0.25, -0.2) is 9.37 Å². The maximum atomic E-state index is 13.4. The van der Waals surface area contributed by atoms with Crippen molar-refractivity contribution in [1.29, 1.82) is 0 Å². The van der Waals surface area contributed by atoms with Crippen molar-refractivity contribution in [3.05, 3.63) is 58.0 Å². The van der Waals surface area contributed by atoms with Crippen molar-refractivity contribution in [2.45, 2.75) is 0 Å². The molecule has 0 atom stereocenters. The number of rotatable bonds is 2. The minimum Gasteiger partial charge on any atom is -0.306 e. The maximum Gasteiger partial charge on any atom is 0.259 e. The molecule has 0 aliphatic heterocycles. The Kier molecular flexibility index (Phi) is 3.79. The summed E-state index contributed by atoms with van der Waals surface area (Å²) in [4.78, 5) is 15.7. The lowest BCUT2D eigenvalue weighted by molar-refractivity contribution is 0.102. The Morgan fingerprint density at radius 3 is 2.72 bits per heavy atom. The number of aromatic nitrogens is 1. The highest BCUT2D eigenvalue weighted by Gasteiger charge is 2.13. The van der Waals surface area contributed by atoms with E-state index >= 15 is 0 Å². The molecule has 1 amide bonds. The number of carbonyl (C=O) groups excluding carboxylic acids is 1. The van der Waals surface area contributed by atoms with Gasteiger partial charge in [0.25, 0.3) is 5.91 Å². The summed E-state index contributed by atoms with van der Waals surface area (Å²) in [5.41, 5.74) is -0.149. The molecule has 0 aliphatic carbocycles. The molecule has 1 N–H and O–H groups in total. The highest BCUT2D eigenvalue weighted by atomic mass is 35.5. The standard InChI is InChI=1S/C12H7Cl2FN2O/c13-7-4-5-9(15)8(6-7)12(18)17-11-3-1-2-10(14)16-11/h1-6H,(H,16,17,18). The first-order valence-corrected chi connectivity index (χ1v) is 5.71. The van der Waals surface area contributed by atoms with E-state index in [4.69, 9.17) is 23.2 Å². The Bertz CT molecular complexity index is 604. The average Bonchev–Trinajstić information content (AvgIpc) is 2.32. The van der Waals surface area contributed by atoms with Crippen LogP contribution in [-0.4, -0.2) is 10.9 Å². The van der Waals surface area contributed by atoms with Gasteiger partial charge in [-0.05, 0) is 30.3 Å². The molecule has 0 radical (unpaired) electrons. The summed E-state index contributed by atoms with van der Waals surface area (Å²) < 4.78 is 13.4. The fourth-order valence-corrected chi connectivity index (χ4v) is 1.67. The number of nitrogens with zero attached hydrogens (tertiary/aromatic N) is 1. The Balaban J connectivity index is 2.24. The second-order valence-corrected chi connectivity index (χ2v) is 4.25. The topological polar surface area (TPSA) is 42.0 Å². The minimum atomic E-state index is -0.654. The first kappa shape index (κ1) is 12.8. The lowest BCUT2D eigenvalue weighted by Gasteiger charge is -2.05. The molecular weight excluding hydrogens is 278 g/mol. The van der Waals surface area contributed by atoms with Gasteiger partial charge in [-0.1, -0.05) is 29.3 Å². The summed E-state index contributed by atoms with van der Waals surface area (Å²) in [6, 6.07) is 8.48. The van der Waals surface area contributed by atoms with Crippen molar-refractivity contribution in [2.24, 2.45) is 0 Å². The van der Waals surface area contributed by atoms with E-state index in [0.29, 0.717) is 0 Å². The molecule has 1 heterocycles. The van der Waals surface area contributed by atoms with Gasteiger partial charge in [0.05, 0.1) is 5.56 Å². The van der Waals surface area contributed by atoms with Gasteiger partial charge in [0.2, 0.25) is 0 Å². The number of amides is 1. The van der Waals surface area contributed by atoms with Crippen LogP contribution in [0.3, 0.4) is 0 Å². The van der Waals surface area contributed by atoms with Crippen molar-refractivity contribution in [3.8, 4) is 0 Å². The predicted octanol–water partition coefficient (Wildman–Crippen LogP) is 3.78. The van der Waals surface area contributed by atoms with Crippen molar-refractivity contribution >= 4 is 34.9 Å². The fourth-order valence-electron chi connectivity index (χ4n) is 1.33. The van der Waals surface area contributed by atoms with E-state index < -0.39 is 11.7 Å². The third-order valence-corrected chi connectivity index (χ3v) is 2.58. The van der Waals surface area contributed by atoms with Crippen molar-refractivity contribution in [2.75, 3.05) is 5.32 Å². The van der Waals surface area contributed by atoms with Gasteiger partial charge in [0.15, 0.2) is 0 Å². The van der Waals surface area contributed by atoms with Crippen LogP contribution in [0, 0.1) is 5.82 Å². The van der Waals surface area contributed by atoms with Gasteiger partial charge < -0.3 is 5.32 Å². The Hall–Kier alpha value is -1.65. The van der Waals surface area contributed by atoms with Crippen LogP contribution in [0.25, 0.3) is 0 Å². The van der Waals surface area contributed by atoms with Crippen LogP contribution in [0.1, 0.15) is 10.4 Å². The monoisotopic (exact) mass is 284 g/mol. The SMILES string of the molecule is O=C(Nc1cccc(Cl)n1)c1cc(Cl)ccc1F. The highest BCUT2D eigenvalue weighted by Crippen LogP contribution is 2.17. The van der Waals surface area contributed by atoms with Crippen LogP contribution in [-0.2, 0) is 0 Å². The number of halogens is 3. The zero-order valence-electron chi connectivity index (χ0n) is 8.95. The molecule has 92 valence electrons. The van der Waals surface area contributed by atoms with E-state index in [1.807, 2.05) is 0 Å². The molecule has 1 aromatic heterocycles. The normalized spacial score (nSPS) is 10.2. The van der Waals surface area contributed by atoms with Crippen molar-refractivity contribution < 1.29 is 9.18 Å². The number of benzene rings is 1. The second kappa shape index (κ2) is 5.33. The highest BCUT2D eigenvalue weighted by molar-refractivity contribution is 6.31. The third-order valence-electron chi connectivity index (χ3n) is 2.13.